The molecule has 0 aliphatic carbocycles. The van der Waals surface area contributed by atoms with Gasteiger partial charge in [-0.05, 0) is 13.1 Å². The molecule has 1 heterocycles. The third-order valence-corrected chi connectivity index (χ3v) is 2.46. The Bertz CT molecular complexity index is 195. The van der Waals surface area contributed by atoms with Crippen molar-refractivity contribution in [2.75, 3.05) is 52.4 Å². The van der Waals surface area contributed by atoms with Crippen molar-refractivity contribution < 1.29 is 21.7 Å². The number of hydrogen-bond acceptors (Lipinski definition) is 3. The molecule has 3 N–H and O–H groups in total. The largest absolute Gasteiger partial charge is 3.00 e. The van der Waals surface area contributed by atoms with Crippen molar-refractivity contribution in [2.24, 2.45) is 0 Å². The Morgan fingerprint density at radius 1 is 0.714 bits per heavy atom. The summed E-state index contributed by atoms with van der Waals surface area (Å²) in [5.74, 6) is 0. The Labute approximate surface area is 151 Å². The van der Waals surface area contributed by atoms with Crippen LogP contribution in [0.5, 0.6) is 0 Å². The van der Waals surface area contributed by atoms with Crippen LogP contribution in [0.15, 0.2) is 30.3 Å². The summed E-state index contributed by atoms with van der Waals surface area (Å²) in [5.41, 5.74) is 0. The average molecular weight is 348 g/mol. The van der Waals surface area contributed by atoms with Crippen LogP contribution >= 0.6 is 12.4 Å². The molecule has 4 nitrogen and oxygen atoms in total. The third kappa shape index (κ3) is 20.1. The first-order chi connectivity index (χ1) is 9.00. The zero-order chi connectivity index (χ0) is 12.7. The molecule has 0 bridgehead atoms. The smallest absolute Gasteiger partial charge is 0.660 e. The molecule has 1 aromatic rings. The molecule has 6 heteroatoms. The van der Waals surface area contributed by atoms with E-state index in [1.807, 2.05) is 30.3 Å². The SMILES string of the molecule is C1CNCCNCCNCC[N-]1.Cl.[CH3-].[Ti+3].[c-]1ccccc1. The first kappa shape index (κ1) is 26.0. The minimum atomic E-state index is 0. The molecule has 119 valence electrons. The Hall–Kier alpha value is 0.0643. The maximum Gasteiger partial charge on any atom is 3.00 e. The third-order valence-electron chi connectivity index (χ3n) is 2.46. The standard InChI is InChI=1S/C8H19N4.C6H5.CH3.ClH.Ti/c1-2-10-5-6-12-8-7-11-4-3-9-1;1-2-4-6-5-3-1;;;/h9-11H,1-8H2;1-5H;1H3;1H;/q3*-1;;+3. The van der Waals surface area contributed by atoms with Gasteiger partial charge in [0, 0.05) is 26.2 Å². The van der Waals surface area contributed by atoms with Crippen LogP contribution in [0.2, 0.25) is 0 Å². The summed E-state index contributed by atoms with van der Waals surface area (Å²) in [7, 11) is 0. The molecule has 1 aliphatic rings. The van der Waals surface area contributed by atoms with Crippen LogP contribution in [0.25, 0.3) is 5.32 Å². The van der Waals surface area contributed by atoms with Crippen LogP contribution < -0.4 is 16.0 Å². The van der Waals surface area contributed by atoms with Crippen molar-refractivity contribution in [3.05, 3.63) is 49.1 Å². The molecule has 1 fully saturated rings. The van der Waals surface area contributed by atoms with E-state index in [-0.39, 0.29) is 41.6 Å². The Kier molecular flexibility index (Phi) is 27.7. The molecule has 1 aromatic carbocycles. The topological polar surface area (TPSA) is 50.2 Å². The summed E-state index contributed by atoms with van der Waals surface area (Å²) in [5, 5.41) is 14.4. The minimum absolute atomic E-state index is 0. The van der Waals surface area contributed by atoms with E-state index < -0.39 is 0 Å². The molecule has 0 spiro atoms. The summed E-state index contributed by atoms with van der Waals surface area (Å²) >= 11 is 0. The van der Waals surface area contributed by atoms with Gasteiger partial charge in [-0.3, -0.25) is 0 Å². The van der Waals surface area contributed by atoms with E-state index in [0.717, 1.165) is 52.4 Å². The fraction of sp³-hybridized carbons (Fsp3) is 0.533. The molecule has 0 atom stereocenters. The van der Waals surface area contributed by atoms with E-state index >= 15 is 0 Å². The molecule has 1 aliphatic heterocycles. The zero-order valence-corrected chi connectivity index (χ0v) is 15.3. The van der Waals surface area contributed by atoms with Crippen LogP contribution in [0.4, 0.5) is 0 Å². The monoisotopic (exact) mass is 347 g/mol. The molecule has 21 heavy (non-hydrogen) atoms. The van der Waals surface area contributed by atoms with E-state index in [0.29, 0.717) is 0 Å². The summed E-state index contributed by atoms with van der Waals surface area (Å²) in [6.45, 7) is 8.14. The van der Waals surface area contributed by atoms with Gasteiger partial charge in [0.2, 0.25) is 0 Å². The van der Waals surface area contributed by atoms with Crippen LogP contribution in [0.1, 0.15) is 0 Å². The van der Waals surface area contributed by atoms with Crippen molar-refractivity contribution in [2.45, 2.75) is 0 Å². The van der Waals surface area contributed by atoms with Gasteiger partial charge in [-0.25, -0.2) is 0 Å². The maximum absolute atomic E-state index is 4.36. The van der Waals surface area contributed by atoms with Gasteiger partial charge in [-0.15, -0.1) is 25.5 Å². The fourth-order valence-electron chi connectivity index (χ4n) is 1.50. The predicted molar refractivity (Wildman–Crippen MR) is 90.6 cm³/mol. The van der Waals surface area contributed by atoms with Crippen molar-refractivity contribution >= 4 is 12.4 Å². The van der Waals surface area contributed by atoms with Crippen LogP contribution in [0.3, 0.4) is 0 Å². The van der Waals surface area contributed by atoms with E-state index in [1.165, 1.54) is 0 Å². The van der Waals surface area contributed by atoms with Crippen LogP contribution in [-0.4, -0.2) is 52.4 Å². The van der Waals surface area contributed by atoms with Gasteiger partial charge in [0.25, 0.3) is 0 Å². The number of benzene rings is 1. The molecule has 0 saturated carbocycles. The van der Waals surface area contributed by atoms with Gasteiger partial charge in [0.05, 0.1) is 0 Å². The Morgan fingerprint density at radius 2 is 1.14 bits per heavy atom. The summed E-state index contributed by atoms with van der Waals surface area (Å²) in [4.78, 5) is 0. The van der Waals surface area contributed by atoms with Crippen molar-refractivity contribution in [1.82, 2.24) is 16.0 Å². The van der Waals surface area contributed by atoms with E-state index in [9.17, 15) is 0 Å². The number of hydrogen-bond donors (Lipinski definition) is 3. The molecule has 1 radical (unpaired) electrons. The first-order valence-corrected chi connectivity index (χ1v) is 6.66. The summed E-state index contributed by atoms with van der Waals surface area (Å²) in [6.07, 6.45) is 0. The van der Waals surface area contributed by atoms with E-state index in [4.69, 9.17) is 0 Å². The second-order valence-electron chi connectivity index (χ2n) is 4.00. The number of halogens is 1. The van der Waals surface area contributed by atoms with E-state index in [2.05, 4.69) is 27.3 Å². The van der Waals surface area contributed by atoms with Crippen molar-refractivity contribution in [3.63, 3.8) is 0 Å². The molecule has 0 unspecified atom stereocenters. The second kappa shape index (κ2) is 22.3. The molecule has 1 saturated heterocycles. The molecule has 2 rings (SSSR count). The van der Waals surface area contributed by atoms with Gasteiger partial charge in [0.15, 0.2) is 0 Å². The maximum atomic E-state index is 4.36. The van der Waals surface area contributed by atoms with Gasteiger partial charge in [0.1, 0.15) is 0 Å². The quantitative estimate of drug-likeness (QED) is 0.492. The normalized spacial score (nSPS) is 16.0. The molecular formula is C15H28ClN4Ti. The molecule has 0 aromatic heterocycles. The number of nitrogens with zero attached hydrogens (tertiary/aromatic N) is 1. The number of rotatable bonds is 0. The predicted octanol–water partition coefficient (Wildman–Crippen LogP) is 1.50. The van der Waals surface area contributed by atoms with Crippen molar-refractivity contribution in [1.29, 1.82) is 0 Å². The average Bonchev–Trinajstić information content (AvgIpc) is 2.42. The van der Waals surface area contributed by atoms with Gasteiger partial charge in [-0.1, -0.05) is 0 Å². The Morgan fingerprint density at radius 3 is 1.48 bits per heavy atom. The van der Waals surface area contributed by atoms with Crippen LogP contribution in [0, 0.1) is 13.5 Å². The van der Waals surface area contributed by atoms with Crippen LogP contribution in [-0.2, 0) is 21.7 Å². The summed E-state index contributed by atoms with van der Waals surface area (Å²) < 4.78 is 0. The van der Waals surface area contributed by atoms with Gasteiger partial charge >= 0.3 is 21.7 Å². The van der Waals surface area contributed by atoms with Gasteiger partial charge < -0.3 is 28.7 Å². The zero-order valence-electron chi connectivity index (χ0n) is 12.9. The second-order valence-corrected chi connectivity index (χ2v) is 4.00. The molecular weight excluding hydrogens is 320 g/mol. The minimum Gasteiger partial charge on any atom is -0.660 e. The number of nitrogens with one attached hydrogen (secondary N) is 3. The van der Waals surface area contributed by atoms with E-state index in [1.54, 1.807) is 0 Å². The fourth-order valence-corrected chi connectivity index (χ4v) is 1.50. The first-order valence-electron chi connectivity index (χ1n) is 6.66. The van der Waals surface area contributed by atoms with Crippen molar-refractivity contribution in [3.8, 4) is 0 Å². The summed E-state index contributed by atoms with van der Waals surface area (Å²) in [6, 6.07) is 12.5. The Balaban J connectivity index is -0.000000312. The van der Waals surface area contributed by atoms with Gasteiger partial charge in [-0.2, -0.15) is 36.4 Å². The molecule has 0 amide bonds.